The van der Waals surface area contributed by atoms with Crippen LogP contribution in [-0.2, 0) is 9.59 Å². The first-order valence-corrected chi connectivity index (χ1v) is 12.3. The average molecular weight is 540 g/mol. The molecule has 3 amide bonds. The van der Waals surface area contributed by atoms with Crippen LogP contribution in [0.3, 0.4) is 0 Å². The Balaban J connectivity index is 1.52. The molecule has 0 unspecified atom stereocenters. The molecule has 176 valence electrons. The van der Waals surface area contributed by atoms with Crippen molar-refractivity contribution in [1.29, 1.82) is 0 Å². The number of amides is 3. The van der Waals surface area contributed by atoms with Gasteiger partial charge >= 0.3 is 0 Å². The molecule has 2 aromatic rings. The summed E-state index contributed by atoms with van der Waals surface area (Å²) in [6.45, 7) is -0.563. The number of carbonyl (C=O) groups excluding carboxylic acids is 4. The Morgan fingerprint density at radius 1 is 0.853 bits per heavy atom. The fourth-order valence-electron chi connectivity index (χ4n) is 5.58. The summed E-state index contributed by atoms with van der Waals surface area (Å²) in [4.78, 5) is 53.6. The lowest BCUT2D eigenvalue weighted by Gasteiger charge is -2.31. The molecule has 4 atom stereocenters. The lowest BCUT2D eigenvalue weighted by Crippen LogP contribution is -2.52. The SMILES string of the molecule is O=C(CN(C(=O)c1ccc(Cl)c(Cl)c1)N1C(=O)[C@H]2[C@H]3CC[C@@H](C3)[C@@H]2C1=O)c1ccc(Cl)cc1Cl. The van der Waals surface area contributed by atoms with Crippen molar-refractivity contribution in [3.8, 4) is 0 Å². The van der Waals surface area contributed by atoms with Crippen LogP contribution in [0.1, 0.15) is 40.0 Å². The monoisotopic (exact) mass is 538 g/mol. The molecule has 1 aliphatic heterocycles. The van der Waals surface area contributed by atoms with E-state index < -0.39 is 41.9 Å². The van der Waals surface area contributed by atoms with E-state index in [-0.39, 0.29) is 38.0 Å². The highest BCUT2D eigenvalue weighted by Gasteiger charge is 2.62. The highest BCUT2D eigenvalue weighted by Crippen LogP contribution is 2.56. The van der Waals surface area contributed by atoms with Crippen molar-refractivity contribution in [2.45, 2.75) is 19.3 Å². The molecular formula is C24H18Cl4N2O4. The van der Waals surface area contributed by atoms with Crippen LogP contribution in [0.4, 0.5) is 0 Å². The van der Waals surface area contributed by atoms with Gasteiger partial charge in [-0.3, -0.25) is 19.2 Å². The van der Waals surface area contributed by atoms with Crippen molar-refractivity contribution >= 4 is 69.9 Å². The van der Waals surface area contributed by atoms with Gasteiger partial charge < -0.3 is 0 Å². The minimum atomic E-state index is -0.717. The Bertz CT molecular complexity index is 1220. The Morgan fingerprint density at radius 2 is 1.50 bits per heavy atom. The van der Waals surface area contributed by atoms with E-state index in [1.165, 1.54) is 36.4 Å². The second-order valence-corrected chi connectivity index (χ2v) is 10.6. The highest BCUT2D eigenvalue weighted by atomic mass is 35.5. The molecule has 0 N–H and O–H groups in total. The molecule has 0 spiro atoms. The number of Topliss-reactive ketones (excluding diaryl/α,β-unsaturated/α-hetero) is 1. The van der Waals surface area contributed by atoms with Crippen LogP contribution in [0.15, 0.2) is 36.4 Å². The molecule has 6 nitrogen and oxygen atoms in total. The van der Waals surface area contributed by atoms with Gasteiger partial charge in [0, 0.05) is 16.1 Å². The van der Waals surface area contributed by atoms with Crippen molar-refractivity contribution in [2.24, 2.45) is 23.7 Å². The molecule has 1 saturated heterocycles. The first-order chi connectivity index (χ1) is 16.2. The van der Waals surface area contributed by atoms with Gasteiger partial charge in [-0.05, 0) is 67.5 Å². The maximum Gasteiger partial charge on any atom is 0.273 e. The van der Waals surface area contributed by atoms with Gasteiger partial charge in [0.1, 0.15) is 6.54 Å². The largest absolute Gasteiger partial charge is 0.292 e. The standard InChI is InChI=1S/C24H18Cl4N2O4/c25-14-4-5-15(17(27)9-14)19(31)10-29(22(32)13-3-6-16(26)18(28)8-13)30-23(33)20-11-1-2-12(7-11)21(20)24(30)34/h3-6,8-9,11-12,20-21H,1-2,7,10H2/t11-,12-,20-,21-/m0/s1. The molecule has 10 heteroatoms. The zero-order chi connectivity index (χ0) is 24.3. The molecule has 3 aliphatic rings. The summed E-state index contributed by atoms with van der Waals surface area (Å²) in [5.41, 5.74) is 0.211. The van der Waals surface area contributed by atoms with Crippen LogP contribution in [0.25, 0.3) is 0 Å². The molecule has 2 bridgehead atoms. The number of hydrogen-bond acceptors (Lipinski definition) is 4. The molecule has 0 radical (unpaired) electrons. The first kappa shape index (κ1) is 23.6. The predicted octanol–water partition coefficient (Wildman–Crippen LogP) is 5.57. The Labute approximate surface area is 215 Å². The van der Waals surface area contributed by atoms with Crippen LogP contribution in [0.5, 0.6) is 0 Å². The van der Waals surface area contributed by atoms with Crippen LogP contribution < -0.4 is 0 Å². The van der Waals surface area contributed by atoms with Gasteiger partial charge in [0.15, 0.2) is 5.78 Å². The third-order valence-electron chi connectivity index (χ3n) is 7.07. The molecular weight excluding hydrogens is 522 g/mol. The second-order valence-electron chi connectivity index (χ2n) is 8.91. The molecule has 3 fully saturated rings. The van der Waals surface area contributed by atoms with E-state index in [1.807, 2.05) is 0 Å². The van der Waals surface area contributed by atoms with Crippen molar-refractivity contribution in [3.05, 3.63) is 67.6 Å². The van der Waals surface area contributed by atoms with Crippen molar-refractivity contribution in [3.63, 3.8) is 0 Å². The number of ketones is 1. The van der Waals surface area contributed by atoms with E-state index in [4.69, 9.17) is 46.4 Å². The summed E-state index contributed by atoms with van der Waals surface area (Å²) in [6.07, 6.45) is 2.62. The van der Waals surface area contributed by atoms with Crippen LogP contribution >= 0.6 is 46.4 Å². The Kier molecular flexibility index (Phi) is 6.13. The fourth-order valence-corrected chi connectivity index (χ4v) is 6.39. The molecule has 2 aliphatic carbocycles. The van der Waals surface area contributed by atoms with Gasteiger partial charge in [-0.25, -0.2) is 5.01 Å². The number of imide groups is 1. The van der Waals surface area contributed by atoms with Gasteiger partial charge in [0.2, 0.25) is 0 Å². The lowest BCUT2D eigenvalue weighted by molar-refractivity contribution is -0.154. The Morgan fingerprint density at radius 3 is 2.09 bits per heavy atom. The van der Waals surface area contributed by atoms with Gasteiger partial charge in [0.25, 0.3) is 17.7 Å². The molecule has 0 aromatic heterocycles. The predicted molar refractivity (Wildman–Crippen MR) is 128 cm³/mol. The maximum absolute atomic E-state index is 13.6. The van der Waals surface area contributed by atoms with Crippen LogP contribution in [-0.4, -0.2) is 40.1 Å². The zero-order valence-electron chi connectivity index (χ0n) is 17.6. The smallest absolute Gasteiger partial charge is 0.273 e. The number of benzene rings is 2. The number of halogens is 4. The zero-order valence-corrected chi connectivity index (χ0v) is 20.7. The van der Waals surface area contributed by atoms with Crippen LogP contribution in [0, 0.1) is 23.7 Å². The topological polar surface area (TPSA) is 74.8 Å². The first-order valence-electron chi connectivity index (χ1n) is 10.8. The van der Waals surface area contributed by atoms with E-state index >= 15 is 0 Å². The normalized spacial score (nSPS) is 25.1. The molecule has 1 heterocycles. The maximum atomic E-state index is 13.6. The summed E-state index contributed by atoms with van der Waals surface area (Å²) in [7, 11) is 0. The number of hydrogen-bond donors (Lipinski definition) is 0. The van der Waals surface area contributed by atoms with Crippen molar-refractivity contribution < 1.29 is 19.2 Å². The van der Waals surface area contributed by atoms with E-state index in [0.29, 0.717) is 5.02 Å². The summed E-state index contributed by atoms with van der Waals surface area (Å²) < 4.78 is 0. The lowest BCUT2D eigenvalue weighted by atomic mass is 9.81. The minimum absolute atomic E-state index is 0.0880. The third kappa shape index (κ3) is 3.81. The summed E-state index contributed by atoms with van der Waals surface area (Å²) in [5.74, 6) is -2.80. The number of rotatable bonds is 5. The highest BCUT2D eigenvalue weighted by molar-refractivity contribution is 6.42. The van der Waals surface area contributed by atoms with Crippen LogP contribution in [0.2, 0.25) is 20.1 Å². The summed E-state index contributed by atoms with van der Waals surface area (Å²) in [6, 6.07) is 8.57. The third-order valence-corrected chi connectivity index (χ3v) is 8.36. The minimum Gasteiger partial charge on any atom is -0.292 e. The van der Waals surface area contributed by atoms with Crippen molar-refractivity contribution in [2.75, 3.05) is 6.54 Å². The molecule has 2 saturated carbocycles. The van der Waals surface area contributed by atoms with E-state index in [2.05, 4.69) is 0 Å². The van der Waals surface area contributed by atoms with Gasteiger partial charge in [0.05, 0.1) is 26.9 Å². The number of nitrogens with zero attached hydrogens (tertiary/aromatic N) is 2. The van der Waals surface area contributed by atoms with Crippen molar-refractivity contribution in [1.82, 2.24) is 10.0 Å². The van der Waals surface area contributed by atoms with E-state index in [1.54, 1.807) is 0 Å². The summed E-state index contributed by atoms with van der Waals surface area (Å²) >= 11 is 24.2. The molecule has 34 heavy (non-hydrogen) atoms. The van der Waals surface area contributed by atoms with E-state index in [0.717, 1.165) is 29.3 Å². The quantitative estimate of drug-likeness (QED) is 0.367. The van der Waals surface area contributed by atoms with E-state index in [9.17, 15) is 19.2 Å². The Hall–Kier alpha value is -2.12. The van der Waals surface area contributed by atoms with Gasteiger partial charge in [-0.15, -0.1) is 0 Å². The average Bonchev–Trinajstić information content (AvgIpc) is 3.47. The van der Waals surface area contributed by atoms with Gasteiger partial charge in [-0.1, -0.05) is 46.4 Å². The molecule has 5 rings (SSSR count). The fraction of sp³-hybridized carbons (Fsp3) is 0.333. The van der Waals surface area contributed by atoms with Gasteiger partial charge in [-0.2, -0.15) is 5.01 Å². The second kappa shape index (κ2) is 8.83. The number of fused-ring (bicyclic) bond motifs is 5. The molecule has 2 aromatic carbocycles. The number of hydrazine groups is 1. The summed E-state index contributed by atoms with van der Waals surface area (Å²) in [5, 5.41) is 2.61. The number of carbonyl (C=O) groups is 4.